The van der Waals surface area contributed by atoms with Crippen molar-refractivity contribution in [2.24, 2.45) is 0 Å². The third-order valence-corrected chi connectivity index (χ3v) is 5.52. The Morgan fingerprint density at radius 1 is 0.812 bits per heavy atom. The number of H-pyrrole nitrogens is 1. The number of methoxy groups -OCH3 is 1. The molecule has 3 aromatic carbocycles. The fourth-order valence-corrected chi connectivity index (χ4v) is 3.96. The second kappa shape index (κ2) is 8.07. The van der Waals surface area contributed by atoms with E-state index in [2.05, 4.69) is 10.3 Å². The highest BCUT2D eigenvalue weighted by Crippen LogP contribution is 2.35. The molecule has 2 aromatic heterocycles. The maximum Gasteiger partial charge on any atom is 0.284 e. The zero-order valence-electron chi connectivity index (χ0n) is 17.8. The molecule has 2 heterocycles. The topological polar surface area (TPSA) is 71.4 Å². The van der Waals surface area contributed by atoms with Crippen molar-refractivity contribution in [1.29, 1.82) is 0 Å². The summed E-state index contributed by atoms with van der Waals surface area (Å²) in [7, 11) is 3.42. The van der Waals surface area contributed by atoms with Gasteiger partial charge in [-0.05, 0) is 23.3 Å². The SMILES string of the molecule is CNc1[nH]c2c(-c3ccccc3)c(-c3ccccc3)nn2c(=O)c1-c1ccc(OC)cc1. The molecule has 0 bridgehead atoms. The Balaban J connectivity index is 1.84. The lowest BCUT2D eigenvalue weighted by Crippen LogP contribution is -2.19. The molecular weight excluding hydrogens is 400 g/mol. The van der Waals surface area contributed by atoms with Gasteiger partial charge in [0.2, 0.25) is 0 Å². The van der Waals surface area contributed by atoms with Gasteiger partial charge in [0, 0.05) is 12.6 Å². The van der Waals surface area contributed by atoms with Crippen molar-refractivity contribution >= 4 is 11.5 Å². The molecule has 6 nitrogen and oxygen atoms in total. The number of hydrogen-bond acceptors (Lipinski definition) is 4. The molecule has 0 radical (unpaired) electrons. The number of hydrogen-bond donors (Lipinski definition) is 2. The third-order valence-electron chi connectivity index (χ3n) is 5.52. The van der Waals surface area contributed by atoms with E-state index in [-0.39, 0.29) is 5.56 Å². The van der Waals surface area contributed by atoms with Gasteiger partial charge in [0.1, 0.15) is 22.9 Å². The molecular formula is C26H22N4O2. The van der Waals surface area contributed by atoms with Crippen LogP contribution in [-0.4, -0.2) is 28.8 Å². The van der Waals surface area contributed by atoms with Crippen LogP contribution in [0, 0.1) is 0 Å². The summed E-state index contributed by atoms with van der Waals surface area (Å²) in [6, 6.07) is 27.3. The number of aromatic nitrogens is 3. The van der Waals surface area contributed by atoms with E-state index in [1.165, 1.54) is 4.52 Å². The van der Waals surface area contributed by atoms with Crippen molar-refractivity contribution in [1.82, 2.24) is 14.6 Å². The molecule has 2 N–H and O–H groups in total. The van der Waals surface area contributed by atoms with Gasteiger partial charge in [-0.15, -0.1) is 0 Å². The van der Waals surface area contributed by atoms with Crippen molar-refractivity contribution in [2.75, 3.05) is 19.5 Å². The first-order valence-electron chi connectivity index (χ1n) is 10.3. The maximum absolute atomic E-state index is 13.7. The van der Waals surface area contributed by atoms with Crippen LogP contribution in [0.15, 0.2) is 89.7 Å². The fraction of sp³-hybridized carbons (Fsp3) is 0.0769. The summed E-state index contributed by atoms with van der Waals surface area (Å²) in [4.78, 5) is 17.1. The van der Waals surface area contributed by atoms with Gasteiger partial charge in [0.15, 0.2) is 0 Å². The number of ether oxygens (including phenoxy) is 1. The highest BCUT2D eigenvalue weighted by atomic mass is 16.5. The van der Waals surface area contributed by atoms with Gasteiger partial charge < -0.3 is 15.0 Å². The number of rotatable bonds is 5. The van der Waals surface area contributed by atoms with E-state index in [0.717, 1.165) is 33.7 Å². The first kappa shape index (κ1) is 19.6. The Morgan fingerprint density at radius 3 is 2.00 bits per heavy atom. The van der Waals surface area contributed by atoms with Crippen LogP contribution in [0.3, 0.4) is 0 Å². The molecule has 5 aromatic rings. The Bertz CT molecular complexity index is 1440. The number of aromatic amines is 1. The van der Waals surface area contributed by atoms with E-state index >= 15 is 0 Å². The lowest BCUT2D eigenvalue weighted by molar-refractivity contribution is 0.415. The lowest BCUT2D eigenvalue weighted by Gasteiger charge is -2.11. The summed E-state index contributed by atoms with van der Waals surface area (Å²) in [5.41, 5.74) is 5.29. The van der Waals surface area contributed by atoms with Gasteiger partial charge in [0.05, 0.1) is 18.2 Å². The molecule has 0 atom stereocenters. The largest absolute Gasteiger partial charge is 0.497 e. The van der Waals surface area contributed by atoms with Crippen LogP contribution in [0.5, 0.6) is 5.75 Å². The maximum atomic E-state index is 13.7. The quantitative estimate of drug-likeness (QED) is 0.415. The highest BCUT2D eigenvalue weighted by molar-refractivity contribution is 5.92. The molecule has 0 aliphatic heterocycles. The van der Waals surface area contributed by atoms with Crippen molar-refractivity contribution in [2.45, 2.75) is 0 Å². The van der Waals surface area contributed by atoms with E-state index < -0.39 is 0 Å². The number of fused-ring (bicyclic) bond motifs is 1. The monoisotopic (exact) mass is 422 g/mol. The molecule has 158 valence electrons. The molecule has 32 heavy (non-hydrogen) atoms. The molecule has 0 saturated heterocycles. The smallest absolute Gasteiger partial charge is 0.284 e. The molecule has 6 heteroatoms. The van der Waals surface area contributed by atoms with E-state index in [1.807, 2.05) is 84.9 Å². The van der Waals surface area contributed by atoms with Crippen LogP contribution in [0.1, 0.15) is 0 Å². The number of benzene rings is 3. The molecule has 0 amide bonds. The Hall–Kier alpha value is -4.32. The number of nitrogens with zero attached hydrogens (tertiary/aromatic N) is 2. The summed E-state index contributed by atoms with van der Waals surface area (Å²) in [5, 5.41) is 7.93. The van der Waals surface area contributed by atoms with Gasteiger partial charge in [0.25, 0.3) is 5.56 Å². The Labute approximate surface area is 185 Å². The summed E-state index contributed by atoms with van der Waals surface area (Å²) in [5.74, 6) is 1.36. The Morgan fingerprint density at radius 2 is 1.41 bits per heavy atom. The van der Waals surface area contributed by atoms with Crippen molar-refractivity contribution in [3.8, 4) is 39.3 Å². The molecule has 0 aliphatic rings. The second-order valence-electron chi connectivity index (χ2n) is 7.37. The fourth-order valence-electron chi connectivity index (χ4n) is 3.96. The van der Waals surface area contributed by atoms with E-state index in [4.69, 9.17) is 9.84 Å². The van der Waals surface area contributed by atoms with Crippen molar-refractivity contribution in [3.63, 3.8) is 0 Å². The van der Waals surface area contributed by atoms with Crippen LogP contribution < -0.4 is 15.6 Å². The van der Waals surface area contributed by atoms with Crippen molar-refractivity contribution in [3.05, 3.63) is 95.3 Å². The summed E-state index contributed by atoms with van der Waals surface area (Å²) in [6.45, 7) is 0. The molecule has 5 rings (SSSR count). The molecule has 0 aliphatic carbocycles. The summed E-state index contributed by atoms with van der Waals surface area (Å²) in [6.07, 6.45) is 0. The normalized spacial score (nSPS) is 10.9. The molecule has 0 fully saturated rings. The average Bonchev–Trinajstić information content (AvgIpc) is 3.25. The third kappa shape index (κ3) is 3.22. The van der Waals surface area contributed by atoms with Gasteiger partial charge in [-0.2, -0.15) is 9.61 Å². The summed E-state index contributed by atoms with van der Waals surface area (Å²) >= 11 is 0. The second-order valence-corrected chi connectivity index (χ2v) is 7.37. The number of nitrogens with one attached hydrogen (secondary N) is 2. The molecule has 0 unspecified atom stereocenters. The van der Waals surface area contributed by atoms with Crippen LogP contribution in [0.2, 0.25) is 0 Å². The van der Waals surface area contributed by atoms with Gasteiger partial charge in [-0.25, -0.2) is 0 Å². The minimum Gasteiger partial charge on any atom is -0.497 e. The number of anilines is 1. The Kier molecular flexibility index (Phi) is 4.95. The first-order valence-corrected chi connectivity index (χ1v) is 10.3. The zero-order chi connectivity index (χ0) is 22.1. The van der Waals surface area contributed by atoms with Gasteiger partial charge in [-0.3, -0.25) is 4.79 Å². The first-order chi connectivity index (χ1) is 15.7. The van der Waals surface area contributed by atoms with Crippen LogP contribution in [-0.2, 0) is 0 Å². The lowest BCUT2D eigenvalue weighted by atomic mass is 10.0. The van der Waals surface area contributed by atoms with Gasteiger partial charge >= 0.3 is 0 Å². The van der Waals surface area contributed by atoms with E-state index in [9.17, 15) is 4.79 Å². The van der Waals surface area contributed by atoms with Crippen LogP contribution in [0.25, 0.3) is 39.2 Å². The zero-order valence-corrected chi connectivity index (χ0v) is 17.8. The molecule has 0 spiro atoms. The van der Waals surface area contributed by atoms with E-state index in [0.29, 0.717) is 17.0 Å². The average molecular weight is 422 g/mol. The summed E-state index contributed by atoms with van der Waals surface area (Å²) < 4.78 is 6.72. The minimum atomic E-state index is -0.201. The van der Waals surface area contributed by atoms with Crippen molar-refractivity contribution < 1.29 is 4.74 Å². The minimum absolute atomic E-state index is 0.201. The standard InChI is InChI=1S/C26H22N4O2/c1-27-24-22(18-13-15-20(32-2)16-14-18)26(31)30-25(28-24)21(17-9-5-3-6-10-17)23(29-30)19-11-7-4-8-12-19/h3-16,27-28H,1-2H3. The highest BCUT2D eigenvalue weighted by Gasteiger charge is 2.22. The van der Waals surface area contributed by atoms with Gasteiger partial charge in [-0.1, -0.05) is 72.8 Å². The van der Waals surface area contributed by atoms with Crippen LogP contribution >= 0.6 is 0 Å². The van der Waals surface area contributed by atoms with E-state index in [1.54, 1.807) is 14.2 Å². The molecule has 0 saturated carbocycles. The predicted molar refractivity (Wildman–Crippen MR) is 128 cm³/mol. The van der Waals surface area contributed by atoms with Crippen LogP contribution in [0.4, 0.5) is 5.82 Å². The predicted octanol–water partition coefficient (Wildman–Crippen LogP) is 5.07.